The van der Waals surface area contributed by atoms with E-state index in [2.05, 4.69) is 5.16 Å². The first-order chi connectivity index (χ1) is 7.22. The Bertz CT molecular complexity index is 541. The Labute approximate surface area is 84.2 Å². The predicted molar refractivity (Wildman–Crippen MR) is 52.6 cm³/mol. The lowest BCUT2D eigenvalue weighted by atomic mass is 10.1. The molecule has 5 heteroatoms. The minimum absolute atomic E-state index is 0.191. The predicted octanol–water partition coefficient (Wildman–Crippen LogP) is 1.94. The SMILES string of the molecule is O=C(O)c1ccc2c(C=NO)occ2c1. The smallest absolute Gasteiger partial charge is 0.335 e. The molecule has 0 aliphatic rings. The number of carbonyl (C=O) groups is 1. The highest BCUT2D eigenvalue weighted by Crippen LogP contribution is 2.21. The topological polar surface area (TPSA) is 83.0 Å². The molecule has 5 nitrogen and oxygen atoms in total. The van der Waals surface area contributed by atoms with Gasteiger partial charge in [-0.1, -0.05) is 5.16 Å². The van der Waals surface area contributed by atoms with Crippen molar-refractivity contribution in [3.63, 3.8) is 0 Å². The summed E-state index contributed by atoms with van der Waals surface area (Å²) in [5, 5.41) is 21.3. The van der Waals surface area contributed by atoms with Crippen LogP contribution in [0.1, 0.15) is 16.1 Å². The molecular formula is C10H7NO4. The van der Waals surface area contributed by atoms with E-state index >= 15 is 0 Å². The summed E-state index contributed by atoms with van der Waals surface area (Å²) >= 11 is 0. The molecular weight excluding hydrogens is 198 g/mol. The molecule has 0 aliphatic heterocycles. The highest BCUT2D eigenvalue weighted by atomic mass is 16.4. The summed E-state index contributed by atoms with van der Waals surface area (Å²) in [6.07, 6.45) is 2.57. The fraction of sp³-hybridized carbons (Fsp3) is 0. The summed E-state index contributed by atoms with van der Waals surface area (Å²) in [5.74, 6) is -0.597. The number of carboxylic acid groups (broad SMARTS) is 1. The summed E-state index contributed by atoms with van der Waals surface area (Å²) in [5.41, 5.74) is 0.191. The van der Waals surface area contributed by atoms with Crippen LogP contribution in [0.5, 0.6) is 0 Å². The van der Waals surface area contributed by atoms with Gasteiger partial charge in [0.25, 0.3) is 0 Å². The lowest BCUT2D eigenvalue weighted by Crippen LogP contribution is -1.94. The van der Waals surface area contributed by atoms with E-state index in [-0.39, 0.29) is 5.56 Å². The molecule has 0 saturated carbocycles. The maximum Gasteiger partial charge on any atom is 0.335 e. The summed E-state index contributed by atoms with van der Waals surface area (Å²) in [7, 11) is 0. The Morgan fingerprint density at radius 1 is 1.47 bits per heavy atom. The second-order valence-electron chi connectivity index (χ2n) is 2.95. The van der Waals surface area contributed by atoms with Gasteiger partial charge in [0, 0.05) is 10.8 Å². The Morgan fingerprint density at radius 3 is 2.93 bits per heavy atom. The van der Waals surface area contributed by atoms with Crippen LogP contribution < -0.4 is 0 Å². The number of rotatable bonds is 2. The minimum atomic E-state index is -0.990. The lowest BCUT2D eigenvalue weighted by molar-refractivity contribution is 0.0697. The van der Waals surface area contributed by atoms with Crippen molar-refractivity contribution in [1.82, 2.24) is 0 Å². The molecule has 2 rings (SSSR count). The number of hydrogen-bond acceptors (Lipinski definition) is 4. The number of oxime groups is 1. The molecule has 0 spiro atoms. The number of carboxylic acids is 1. The van der Waals surface area contributed by atoms with Crippen molar-refractivity contribution in [2.45, 2.75) is 0 Å². The van der Waals surface area contributed by atoms with E-state index in [1.807, 2.05) is 0 Å². The van der Waals surface area contributed by atoms with Crippen LogP contribution in [0, 0.1) is 0 Å². The molecule has 0 unspecified atom stereocenters. The van der Waals surface area contributed by atoms with E-state index in [1.165, 1.54) is 18.4 Å². The van der Waals surface area contributed by atoms with Crippen molar-refractivity contribution >= 4 is 23.0 Å². The molecule has 76 valence electrons. The summed E-state index contributed by atoms with van der Waals surface area (Å²) in [6.45, 7) is 0. The van der Waals surface area contributed by atoms with Gasteiger partial charge in [-0.15, -0.1) is 0 Å². The van der Waals surface area contributed by atoms with Crippen LogP contribution in [0.4, 0.5) is 0 Å². The van der Waals surface area contributed by atoms with Crippen molar-refractivity contribution in [2.75, 3.05) is 0 Å². The van der Waals surface area contributed by atoms with Crippen LogP contribution in [0.2, 0.25) is 0 Å². The van der Waals surface area contributed by atoms with Gasteiger partial charge in [-0.2, -0.15) is 0 Å². The van der Waals surface area contributed by atoms with E-state index in [1.54, 1.807) is 6.07 Å². The molecule has 2 aromatic rings. The molecule has 1 aromatic carbocycles. The molecule has 15 heavy (non-hydrogen) atoms. The zero-order chi connectivity index (χ0) is 10.8. The van der Waals surface area contributed by atoms with E-state index < -0.39 is 5.97 Å². The highest BCUT2D eigenvalue weighted by molar-refractivity contribution is 6.00. The number of furan rings is 1. The molecule has 1 heterocycles. The highest BCUT2D eigenvalue weighted by Gasteiger charge is 2.08. The van der Waals surface area contributed by atoms with Gasteiger partial charge in [0.1, 0.15) is 6.21 Å². The normalized spacial score (nSPS) is 11.2. The third kappa shape index (κ3) is 1.54. The Hall–Kier alpha value is -2.30. The fourth-order valence-corrected chi connectivity index (χ4v) is 1.36. The second kappa shape index (κ2) is 3.45. The van der Waals surface area contributed by atoms with Crippen LogP contribution in [-0.4, -0.2) is 22.5 Å². The lowest BCUT2D eigenvalue weighted by Gasteiger charge is -1.93. The van der Waals surface area contributed by atoms with E-state index in [4.69, 9.17) is 14.7 Å². The largest absolute Gasteiger partial charge is 0.478 e. The average molecular weight is 205 g/mol. The molecule has 0 bridgehead atoms. The van der Waals surface area contributed by atoms with Gasteiger partial charge in [0.2, 0.25) is 0 Å². The molecule has 0 amide bonds. The van der Waals surface area contributed by atoms with Gasteiger partial charge < -0.3 is 14.7 Å². The number of aromatic carboxylic acids is 1. The quantitative estimate of drug-likeness (QED) is 0.445. The maximum absolute atomic E-state index is 10.7. The Morgan fingerprint density at radius 2 is 2.27 bits per heavy atom. The van der Waals surface area contributed by atoms with E-state index in [0.717, 1.165) is 6.21 Å². The first kappa shape index (κ1) is 9.26. The zero-order valence-electron chi connectivity index (χ0n) is 7.54. The summed E-state index contributed by atoms with van der Waals surface area (Å²) < 4.78 is 5.09. The number of benzene rings is 1. The van der Waals surface area contributed by atoms with E-state index in [0.29, 0.717) is 16.5 Å². The fourth-order valence-electron chi connectivity index (χ4n) is 1.36. The van der Waals surface area contributed by atoms with Crippen LogP contribution in [0.25, 0.3) is 10.8 Å². The van der Waals surface area contributed by atoms with Crippen LogP contribution in [0.15, 0.2) is 34.0 Å². The van der Waals surface area contributed by atoms with Crippen LogP contribution in [-0.2, 0) is 0 Å². The van der Waals surface area contributed by atoms with E-state index in [9.17, 15) is 4.79 Å². The second-order valence-corrected chi connectivity index (χ2v) is 2.95. The van der Waals surface area contributed by atoms with Gasteiger partial charge in [-0.05, 0) is 18.2 Å². The molecule has 2 N–H and O–H groups in total. The van der Waals surface area contributed by atoms with Gasteiger partial charge >= 0.3 is 5.97 Å². The monoisotopic (exact) mass is 205 g/mol. The van der Waals surface area contributed by atoms with Crippen LogP contribution >= 0.6 is 0 Å². The van der Waals surface area contributed by atoms with Gasteiger partial charge in [-0.25, -0.2) is 4.79 Å². The standard InChI is InChI=1S/C10H7NO4/c12-10(13)6-1-2-8-7(3-6)5-15-9(8)4-11-14/h1-5,14H,(H,12,13). The maximum atomic E-state index is 10.7. The first-order valence-corrected chi connectivity index (χ1v) is 4.14. The first-order valence-electron chi connectivity index (χ1n) is 4.14. The number of fused-ring (bicyclic) bond motifs is 1. The number of nitrogens with zero attached hydrogens (tertiary/aromatic N) is 1. The minimum Gasteiger partial charge on any atom is -0.478 e. The van der Waals surface area contributed by atoms with Crippen molar-refractivity contribution in [2.24, 2.45) is 5.16 Å². The zero-order valence-corrected chi connectivity index (χ0v) is 7.54. The summed E-state index contributed by atoms with van der Waals surface area (Å²) in [4.78, 5) is 10.7. The molecule has 0 atom stereocenters. The molecule has 0 aliphatic carbocycles. The van der Waals surface area contributed by atoms with Gasteiger partial charge in [0.05, 0.1) is 11.8 Å². The third-order valence-electron chi connectivity index (χ3n) is 2.05. The van der Waals surface area contributed by atoms with Crippen molar-refractivity contribution < 1.29 is 19.5 Å². The van der Waals surface area contributed by atoms with Crippen molar-refractivity contribution in [3.8, 4) is 0 Å². The number of hydrogen-bond donors (Lipinski definition) is 2. The average Bonchev–Trinajstić information content (AvgIpc) is 2.61. The molecule has 1 aromatic heterocycles. The van der Waals surface area contributed by atoms with Gasteiger partial charge in [-0.3, -0.25) is 0 Å². The molecule has 0 saturated heterocycles. The van der Waals surface area contributed by atoms with Crippen molar-refractivity contribution in [1.29, 1.82) is 0 Å². The Balaban J connectivity index is 2.61. The van der Waals surface area contributed by atoms with Crippen LogP contribution in [0.3, 0.4) is 0 Å². The molecule has 0 radical (unpaired) electrons. The third-order valence-corrected chi connectivity index (χ3v) is 2.05. The summed E-state index contributed by atoms with van der Waals surface area (Å²) in [6, 6.07) is 4.57. The Kier molecular flexibility index (Phi) is 2.13. The van der Waals surface area contributed by atoms with Crippen molar-refractivity contribution in [3.05, 3.63) is 35.8 Å². The van der Waals surface area contributed by atoms with Gasteiger partial charge in [0.15, 0.2) is 5.76 Å². The molecule has 0 fully saturated rings.